The summed E-state index contributed by atoms with van der Waals surface area (Å²) in [6.07, 6.45) is 2.96. The van der Waals surface area contributed by atoms with Crippen molar-refractivity contribution in [2.45, 2.75) is 72.1 Å². The Hall–Kier alpha value is -4.91. The van der Waals surface area contributed by atoms with Gasteiger partial charge in [-0.2, -0.15) is 0 Å². The molecule has 0 saturated carbocycles. The van der Waals surface area contributed by atoms with Crippen LogP contribution in [-0.4, -0.2) is 62.6 Å². The molecule has 4 rings (SSSR count). The normalized spacial score (nSPS) is 12.2. The lowest BCUT2D eigenvalue weighted by atomic mass is 10.1. The number of carbonyl (C=O) groups excluding carboxylic acids is 4. The lowest BCUT2D eigenvalue weighted by Gasteiger charge is -2.28. The summed E-state index contributed by atoms with van der Waals surface area (Å²) in [7, 11) is 0. The quantitative estimate of drug-likeness (QED) is 0.168. The summed E-state index contributed by atoms with van der Waals surface area (Å²) in [5.74, 6) is -0.503. The van der Waals surface area contributed by atoms with E-state index in [2.05, 4.69) is 20.9 Å². The topological polar surface area (TPSA) is 143 Å². The monoisotopic (exact) mass is 662 g/mol. The summed E-state index contributed by atoms with van der Waals surface area (Å²) in [5.41, 5.74) is 0.779. The third kappa shape index (κ3) is 10.3. The predicted molar refractivity (Wildman–Crippen MR) is 182 cm³/mol. The zero-order chi connectivity index (χ0) is 34.4. The largest absolute Gasteiger partial charge is 0.444 e. The van der Waals surface area contributed by atoms with Gasteiger partial charge < -0.3 is 25.0 Å². The van der Waals surface area contributed by atoms with E-state index in [0.717, 1.165) is 10.4 Å². The fraction of sp³-hybridized carbons (Fsp3) is 0.382. The van der Waals surface area contributed by atoms with E-state index in [1.54, 1.807) is 84.1 Å². The molecule has 47 heavy (non-hydrogen) atoms. The van der Waals surface area contributed by atoms with E-state index in [1.165, 1.54) is 16.2 Å². The Morgan fingerprint density at radius 2 is 1.51 bits per heavy atom. The van der Waals surface area contributed by atoms with Crippen molar-refractivity contribution in [3.05, 3.63) is 72.6 Å². The van der Waals surface area contributed by atoms with Crippen LogP contribution in [0.4, 0.5) is 21.1 Å². The fourth-order valence-corrected chi connectivity index (χ4v) is 5.53. The fourth-order valence-electron chi connectivity index (χ4n) is 4.56. The Bertz CT molecular complexity index is 1670. The van der Waals surface area contributed by atoms with Gasteiger partial charge >= 0.3 is 12.2 Å². The number of alkyl carbamates (subject to hydrolysis) is 1. The van der Waals surface area contributed by atoms with Crippen LogP contribution in [0.3, 0.4) is 0 Å². The number of ether oxygens (including phenoxy) is 2. The number of benzene rings is 2. The number of rotatable bonds is 10. The Kier molecular flexibility index (Phi) is 10.9. The maximum atomic E-state index is 13.8. The van der Waals surface area contributed by atoms with Crippen LogP contribution in [0.15, 0.2) is 67.0 Å². The van der Waals surface area contributed by atoms with Crippen LogP contribution >= 0.6 is 11.3 Å². The van der Waals surface area contributed by atoms with Crippen molar-refractivity contribution in [1.82, 2.24) is 19.6 Å². The molecule has 12 nitrogen and oxygen atoms in total. The molecule has 0 fully saturated rings. The number of nitrogens with one attached hydrogen (secondary N) is 3. The van der Waals surface area contributed by atoms with Crippen LogP contribution < -0.4 is 16.0 Å². The van der Waals surface area contributed by atoms with Gasteiger partial charge in [-0.1, -0.05) is 60.7 Å². The van der Waals surface area contributed by atoms with Crippen molar-refractivity contribution in [2.75, 3.05) is 23.7 Å². The first kappa shape index (κ1) is 35.0. The highest BCUT2D eigenvalue weighted by Crippen LogP contribution is 2.30. The standard InChI is InChI=1S/C34H42N6O6S/c1-8-18-39(29(42)28(23-12-10-9-11-13-23)38-32(44)46-34(5,6)7)21-27(41)36-26-20-40-19-25(47-30(40)37-26)22-14-16-24(17-15-22)35-31(43)45-33(2,3)4/h9-17,19-20,28H,8,18,21H2,1-7H3,(H,35,43)(H,36,41)(H,38,44). The highest BCUT2D eigenvalue weighted by atomic mass is 32.1. The van der Waals surface area contributed by atoms with Gasteiger partial charge in [0.15, 0.2) is 10.8 Å². The van der Waals surface area contributed by atoms with E-state index >= 15 is 0 Å². The maximum Gasteiger partial charge on any atom is 0.412 e. The summed E-state index contributed by atoms with van der Waals surface area (Å²) in [4.78, 5) is 59.2. The van der Waals surface area contributed by atoms with Gasteiger partial charge in [0.05, 0.1) is 17.6 Å². The lowest BCUT2D eigenvalue weighted by Crippen LogP contribution is -2.47. The molecule has 13 heteroatoms. The Morgan fingerprint density at radius 3 is 2.11 bits per heavy atom. The third-order valence-corrected chi connectivity index (χ3v) is 7.46. The molecule has 4 aromatic rings. The van der Waals surface area contributed by atoms with Crippen molar-refractivity contribution in [2.24, 2.45) is 0 Å². The number of hydrogen-bond acceptors (Lipinski definition) is 8. The summed E-state index contributed by atoms with van der Waals surface area (Å²) >= 11 is 1.44. The molecule has 0 aliphatic heterocycles. The second-order valence-electron chi connectivity index (χ2n) is 12.9. The SMILES string of the molecule is CCCN(CC(=O)Nc1cn2cc(-c3ccc(NC(=O)OC(C)(C)C)cc3)sc2n1)C(=O)C(NC(=O)OC(C)(C)C)c1ccccc1. The van der Waals surface area contributed by atoms with E-state index in [-0.39, 0.29) is 6.54 Å². The first-order chi connectivity index (χ1) is 22.1. The molecule has 2 heterocycles. The zero-order valence-electron chi connectivity index (χ0n) is 27.7. The number of amides is 4. The van der Waals surface area contributed by atoms with Crippen molar-refractivity contribution in [1.29, 1.82) is 0 Å². The average Bonchev–Trinajstić information content (AvgIpc) is 3.53. The second kappa shape index (κ2) is 14.7. The summed E-state index contributed by atoms with van der Waals surface area (Å²) in [6, 6.07) is 15.2. The Balaban J connectivity index is 1.41. The number of nitrogens with zero attached hydrogens (tertiary/aromatic N) is 3. The van der Waals surface area contributed by atoms with Crippen molar-refractivity contribution < 1.29 is 28.7 Å². The van der Waals surface area contributed by atoms with E-state index in [4.69, 9.17) is 9.47 Å². The molecular weight excluding hydrogens is 620 g/mol. The molecule has 0 bridgehead atoms. The van der Waals surface area contributed by atoms with Gasteiger partial charge in [0, 0.05) is 18.4 Å². The molecule has 2 aromatic carbocycles. The number of hydrogen-bond donors (Lipinski definition) is 3. The smallest absolute Gasteiger partial charge is 0.412 e. The van der Waals surface area contributed by atoms with Crippen LogP contribution in [0.25, 0.3) is 15.4 Å². The van der Waals surface area contributed by atoms with Gasteiger partial charge in [0.2, 0.25) is 11.8 Å². The molecule has 0 radical (unpaired) electrons. The van der Waals surface area contributed by atoms with Gasteiger partial charge in [-0.05, 0) is 71.2 Å². The molecule has 0 aliphatic carbocycles. The number of imidazole rings is 1. The van der Waals surface area contributed by atoms with Gasteiger partial charge in [0.1, 0.15) is 17.2 Å². The van der Waals surface area contributed by atoms with E-state index in [1.807, 2.05) is 35.7 Å². The molecule has 0 saturated heterocycles. The van der Waals surface area contributed by atoms with E-state index in [9.17, 15) is 19.2 Å². The summed E-state index contributed by atoms with van der Waals surface area (Å²) in [6.45, 7) is 12.6. The molecule has 3 N–H and O–H groups in total. The molecular formula is C34H42N6O6S. The van der Waals surface area contributed by atoms with Crippen molar-refractivity contribution in [3.8, 4) is 10.4 Å². The molecule has 0 aliphatic rings. The van der Waals surface area contributed by atoms with Gasteiger partial charge in [-0.15, -0.1) is 0 Å². The molecule has 1 atom stereocenters. The first-order valence-corrected chi connectivity index (χ1v) is 16.1. The van der Waals surface area contributed by atoms with Crippen LogP contribution in [0.2, 0.25) is 0 Å². The summed E-state index contributed by atoms with van der Waals surface area (Å²) in [5, 5.41) is 8.19. The van der Waals surface area contributed by atoms with E-state index < -0.39 is 41.2 Å². The molecule has 4 amide bonds. The molecule has 2 aromatic heterocycles. The van der Waals surface area contributed by atoms with Crippen LogP contribution in [0.5, 0.6) is 0 Å². The average molecular weight is 663 g/mol. The van der Waals surface area contributed by atoms with Crippen LogP contribution in [0.1, 0.15) is 66.5 Å². The van der Waals surface area contributed by atoms with Crippen molar-refractivity contribution in [3.63, 3.8) is 0 Å². The van der Waals surface area contributed by atoms with Gasteiger partial charge in [0.25, 0.3) is 0 Å². The number of thiazole rings is 1. The third-order valence-electron chi connectivity index (χ3n) is 6.42. The van der Waals surface area contributed by atoms with Gasteiger partial charge in [-0.25, -0.2) is 14.6 Å². The van der Waals surface area contributed by atoms with Crippen LogP contribution in [-0.2, 0) is 19.1 Å². The van der Waals surface area contributed by atoms with E-state index in [0.29, 0.717) is 35.0 Å². The lowest BCUT2D eigenvalue weighted by molar-refractivity contribution is -0.136. The highest BCUT2D eigenvalue weighted by molar-refractivity contribution is 7.20. The maximum absolute atomic E-state index is 13.8. The molecule has 0 spiro atoms. The summed E-state index contributed by atoms with van der Waals surface area (Å²) < 4.78 is 12.5. The zero-order valence-corrected chi connectivity index (χ0v) is 28.6. The number of anilines is 2. The number of carbonyl (C=O) groups is 4. The minimum absolute atomic E-state index is 0.230. The highest BCUT2D eigenvalue weighted by Gasteiger charge is 2.30. The van der Waals surface area contributed by atoms with Crippen LogP contribution in [0, 0.1) is 0 Å². The minimum atomic E-state index is -1.04. The first-order valence-electron chi connectivity index (χ1n) is 15.3. The number of fused-ring (bicyclic) bond motifs is 1. The van der Waals surface area contributed by atoms with Gasteiger partial charge in [-0.3, -0.25) is 19.3 Å². The number of aromatic nitrogens is 2. The minimum Gasteiger partial charge on any atom is -0.444 e. The molecule has 250 valence electrons. The Morgan fingerprint density at radius 1 is 0.872 bits per heavy atom. The Labute approximate surface area is 278 Å². The predicted octanol–water partition coefficient (Wildman–Crippen LogP) is 6.85. The second-order valence-corrected chi connectivity index (χ2v) is 13.9. The van der Waals surface area contributed by atoms with Crippen molar-refractivity contribution >= 4 is 51.8 Å². The molecule has 1 unspecified atom stereocenters.